The molecule has 1 aromatic carbocycles. The first kappa shape index (κ1) is 14.8. The third kappa shape index (κ3) is 2.81. The molecule has 1 fully saturated rings. The fraction of sp³-hybridized carbons (Fsp3) is 0.385. The van der Waals surface area contributed by atoms with Crippen molar-refractivity contribution < 1.29 is 13.2 Å². The van der Waals surface area contributed by atoms with Gasteiger partial charge in [-0.2, -0.15) is 13.2 Å². The number of rotatable bonds is 3. The van der Waals surface area contributed by atoms with Gasteiger partial charge in [-0.25, -0.2) is 0 Å². The van der Waals surface area contributed by atoms with E-state index in [-0.39, 0.29) is 16.4 Å². The zero-order chi connectivity index (χ0) is 15.2. The van der Waals surface area contributed by atoms with Crippen LogP contribution in [-0.2, 0) is 12.1 Å². The van der Waals surface area contributed by atoms with E-state index in [0.29, 0.717) is 17.2 Å². The van der Waals surface area contributed by atoms with Gasteiger partial charge in [0.15, 0.2) is 5.82 Å². The minimum absolute atomic E-state index is 0.00815. The summed E-state index contributed by atoms with van der Waals surface area (Å²) in [5.41, 5.74) is -0.334. The van der Waals surface area contributed by atoms with E-state index >= 15 is 0 Å². The molecule has 0 N–H and O–H groups in total. The molecule has 1 heterocycles. The van der Waals surface area contributed by atoms with Crippen LogP contribution in [0.5, 0.6) is 0 Å². The van der Waals surface area contributed by atoms with E-state index in [4.69, 9.17) is 11.6 Å². The number of hydrogen-bond acceptors (Lipinski definition) is 2. The first-order chi connectivity index (χ1) is 9.91. The molecule has 0 aliphatic heterocycles. The van der Waals surface area contributed by atoms with Crippen molar-refractivity contribution in [3.05, 3.63) is 34.1 Å². The summed E-state index contributed by atoms with van der Waals surface area (Å²) in [4.78, 5) is 0. The fourth-order valence-corrected chi connectivity index (χ4v) is 2.86. The van der Waals surface area contributed by atoms with Gasteiger partial charge in [0.25, 0.3) is 0 Å². The Bertz CT molecular complexity index is 680. The zero-order valence-electron chi connectivity index (χ0n) is 10.7. The van der Waals surface area contributed by atoms with Gasteiger partial charge in [0.2, 0.25) is 0 Å². The standard InChI is InChI=1S/C13H10BrClF3N3/c14-10-4-1-7(5-9(10)13(16,17)18)12-20-19-11(6-15)21(12)8-2-3-8/h1,4-5,8H,2-3,6H2. The van der Waals surface area contributed by atoms with Crippen molar-refractivity contribution in [2.24, 2.45) is 0 Å². The van der Waals surface area contributed by atoms with E-state index in [0.717, 1.165) is 18.9 Å². The van der Waals surface area contributed by atoms with Crippen LogP contribution in [0.2, 0.25) is 0 Å². The molecule has 3 nitrogen and oxygen atoms in total. The fourth-order valence-electron chi connectivity index (χ4n) is 2.21. The summed E-state index contributed by atoms with van der Waals surface area (Å²) >= 11 is 8.76. The Hall–Kier alpha value is -1.08. The molecule has 3 rings (SSSR count). The first-order valence-electron chi connectivity index (χ1n) is 6.28. The van der Waals surface area contributed by atoms with E-state index in [9.17, 15) is 13.2 Å². The maximum absolute atomic E-state index is 13.0. The van der Waals surface area contributed by atoms with Gasteiger partial charge in [0.05, 0.1) is 11.4 Å². The van der Waals surface area contributed by atoms with E-state index in [1.54, 1.807) is 6.07 Å². The summed E-state index contributed by atoms with van der Waals surface area (Å²) in [5, 5.41) is 7.99. The van der Waals surface area contributed by atoms with Crippen LogP contribution in [0.15, 0.2) is 22.7 Å². The van der Waals surface area contributed by atoms with E-state index in [1.807, 2.05) is 4.57 Å². The molecule has 0 atom stereocenters. The Morgan fingerprint density at radius 2 is 2.00 bits per heavy atom. The van der Waals surface area contributed by atoms with Crippen LogP contribution in [0.3, 0.4) is 0 Å². The Labute approximate surface area is 132 Å². The Balaban J connectivity index is 2.11. The molecule has 0 saturated heterocycles. The SMILES string of the molecule is FC(F)(F)c1cc(-c2nnc(CCl)n2C2CC2)ccc1Br. The van der Waals surface area contributed by atoms with Crippen molar-refractivity contribution in [2.75, 3.05) is 0 Å². The average Bonchev–Trinajstić information content (AvgIpc) is 3.17. The molecule has 0 spiro atoms. The molecule has 0 amide bonds. The van der Waals surface area contributed by atoms with Crippen LogP contribution < -0.4 is 0 Å². The monoisotopic (exact) mass is 379 g/mol. The molecule has 1 aromatic heterocycles. The summed E-state index contributed by atoms with van der Waals surface area (Å²) in [6.45, 7) is 0. The van der Waals surface area contributed by atoms with Crippen molar-refractivity contribution in [3.8, 4) is 11.4 Å². The highest BCUT2D eigenvalue weighted by Crippen LogP contribution is 2.41. The predicted molar refractivity (Wildman–Crippen MR) is 76.0 cm³/mol. The lowest BCUT2D eigenvalue weighted by molar-refractivity contribution is -0.138. The number of aromatic nitrogens is 3. The van der Waals surface area contributed by atoms with Gasteiger partial charge in [-0.1, -0.05) is 22.0 Å². The molecule has 0 unspecified atom stereocenters. The Kier molecular flexibility index (Phi) is 3.73. The molecule has 1 saturated carbocycles. The number of benzene rings is 1. The highest BCUT2D eigenvalue weighted by molar-refractivity contribution is 9.10. The van der Waals surface area contributed by atoms with Crippen LogP contribution in [0.4, 0.5) is 13.2 Å². The van der Waals surface area contributed by atoms with E-state index < -0.39 is 11.7 Å². The summed E-state index contributed by atoms with van der Waals surface area (Å²) in [6.07, 6.45) is -2.48. The molecule has 8 heteroatoms. The minimum atomic E-state index is -4.42. The van der Waals surface area contributed by atoms with Crippen molar-refractivity contribution in [1.29, 1.82) is 0 Å². The third-order valence-corrected chi connectivity index (χ3v) is 4.26. The first-order valence-corrected chi connectivity index (χ1v) is 7.61. The smallest absolute Gasteiger partial charge is 0.307 e. The lowest BCUT2D eigenvalue weighted by Gasteiger charge is -2.12. The quantitative estimate of drug-likeness (QED) is 0.716. The molecule has 0 radical (unpaired) electrons. The number of nitrogens with zero attached hydrogens (tertiary/aromatic N) is 3. The van der Waals surface area contributed by atoms with Gasteiger partial charge in [-0.05, 0) is 25.0 Å². The summed E-state index contributed by atoms with van der Waals surface area (Å²) < 4.78 is 40.8. The Morgan fingerprint density at radius 3 is 2.57 bits per heavy atom. The van der Waals surface area contributed by atoms with Gasteiger partial charge in [0.1, 0.15) is 5.82 Å². The molecule has 112 valence electrons. The maximum Gasteiger partial charge on any atom is 0.417 e. The van der Waals surface area contributed by atoms with Crippen molar-refractivity contribution in [3.63, 3.8) is 0 Å². The van der Waals surface area contributed by atoms with Gasteiger partial charge in [-0.15, -0.1) is 21.8 Å². The molecule has 1 aliphatic rings. The second-order valence-electron chi connectivity index (χ2n) is 4.87. The molecule has 0 bridgehead atoms. The van der Waals surface area contributed by atoms with Gasteiger partial charge in [-0.3, -0.25) is 0 Å². The average molecular weight is 381 g/mol. The number of halogens is 5. The van der Waals surface area contributed by atoms with Gasteiger partial charge >= 0.3 is 6.18 Å². The molecule has 2 aromatic rings. The predicted octanol–water partition coefficient (Wildman–Crippen LogP) is 4.80. The number of alkyl halides is 4. The molecular formula is C13H10BrClF3N3. The normalized spacial score (nSPS) is 15.5. The van der Waals surface area contributed by atoms with Crippen LogP contribution in [0.1, 0.15) is 30.3 Å². The van der Waals surface area contributed by atoms with E-state index in [2.05, 4.69) is 26.1 Å². The van der Waals surface area contributed by atoms with Crippen LogP contribution in [0, 0.1) is 0 Å². The van der Waals surface area contributed by atoms with Crippen molar-refractivity contribution in [2.45, 2.75) is 30.9 Å². The van der Waals surface area contributed by atoms with E-state index in [1.165, 1.54) is 6.07 Å². The van der Waals surface area contributed by atoms with Crippen LogP contribution >= 0.6 is 27.5 Å². The minimum Gasteiger partial charge on any atom is -0.307 e. The van der Waals surface area contributed by atoms with Crippen molar-refractivity contribution in [1.82, 2.24) is 14.8 Å². The lowest BCUT2D eigenvalue weighted by Crippen LogP contribution is -2.07. The second kappa shape index (κ2) is 5.28. The second-order valence-corrected chi connectivity index (χ2v) is 5.99. The third-order valence-electron chi connectivity index (χ3n) is 3.33. The largest absolute Gasteiger partial charge is 0.417 e. The van der Waals surface area contributed by atoms with Gasteiger partial charge < -0.3 is 4.57 Å². The molecular weight excluding hydrogens is 371 g/mol. The topological polar surface area (TPSA) is 30.7 Å². The summed E-state index contributed by atoms with van der Waals surface area (Å²) in [5.74, 6) is 1.21. The highest BCUT2D eigenvalue weighted by atomic mass is 79.9. The Morgan fingerprint density at radius 1 is 1.29 bits per heavy atom. The zero-order valence-corrected chi connectivity index (χ0v) is 13.0. The maximum atomic E-state index is 13.0. The number of hydrogen-bond donors (Lipinski definition) is 0. The molecule has 21 heavy (non-hydrogen) atoms. The van der Waals surface area contributed by atoms with Crippen LogP contribution in [0.25, 0.3) is 11.4 Å². The van der Waals surface area contributed by atoms with Crippen LogP contribution in [-0.4, -0.2) is 14.8 Å². The molecule has 1 aliphatic carbocycles. The van der Waals surface area contributed by atoms with Gasteiger partial charge in [0, 0.05) is 16.1 Å². The van der Waals surface area contributed by atoms with Crippen molar-refractivity contribution >= 4 is 27.5 Å². The summed E-state index contributed by atoms with van der Waals surface area (Å²) in [7, 11) is 0. The lowest BCUT2D eigenvalue weighted by atomic mass is 10.1. The highest BCUT2D eigenvalue weighted by Gasteiger charge is 2.34. The summed E-state index contributed by atoms with van der Waals surface area (Å²) in [6, 6.07) is 4.30.